The summed E-state index contributed by atoms with van der Waals surface area (Å²) in [6.45, 7) is 8.67. The molecule has 5 rings (SSSR count). The van der Waals surface area contributed by atoms with E-state index in [1.54, 1.807) is 0 Å². The molecule has 0 amide bonds. The van der Waals surface area contributed by atoms with Crippen molar-refractivity contribution in [1.82, 2.24) is 5.32 Å². The molecular weight excluding hydrogens is 290 g/mol. The van der Waals surface area contributed by atoms with Crippen LogP contribution in [0.2, 0.25) is 0 Å². The third-order valence-corrected chi connectivity index (χ3v) is 7.33. The summed E-state index contributed by atoms with van der Waals surface area (Å²) >= 11 is 0. The van der Waals surface area contributed by atoms with Gasteiger partial charge in [0, 0.05) is 6.04 Å². The van der Waals surface area contributed by atoms with Crippen molar-refractivity contribution in [2.24, 2.45) is 22.2 Å². The molecule has 4 aliphatic rings. The molecule has 4 aliphatic carbocycles. The van der Waals surface area contributed by atoms with Gasteiger partial charge < -0.3 is 5.32 Å². The minimum absolute atomic E-state index is 0.536. The summed E-state index contributed by atoms with van der Waals surface area (Å²) in [7, 11) is 0. The van der Waals surface area contributed by atoms with Crippen LogP contribution in [0.3, 0.4) is 0 Å². The first-order chi connectivity index (χ1) is 11.4. The smallest absolute Gasteiger partial charge is 0.0164 e. The number of rotatable bonds is 6. The minimum atomic E-state index is 0.536. The Morgan fingerprint density at radius 1 is 1.00 bits per heavy atom. The second kappa shape index (κ2) is 5.87. The van der Waals surface area contributed by atoms with Crippen LogP contribution in [0.1, 0.15) is 71.3 Å². The lowest BCUT2D eigenvalue weighted by molar-refractivity contribution is -0.157. The largest absolute Gasteiger partial charge is 0.313 e. The molecule has 0 heterocycles. The molecule has 1 nitrogen and oxygen atoms in total. The Bertz CT molecular complexity index is 559. The van der Waals surface area contributed by atoms with Crippen LogP contribution < -0.4 is 5.32 Å². The van der Waals surface area contributed by atoms with E-state index >= 15 is 0 Å². The van der Waals surface area contributed by atoms with Crippen LogP contribution in [0.5, 0.6) is 0 Å². The lowest BCUT2D eigenvalue weighted by atomic mass is 9.39. The SMILES string of the molecule is CCCNC(Cc1ccccc1)C12CC3CC(C)(CC(C)(C3)C1)C2. The Hall–Kier alpha value is -0.820. The molecule has 4 saturated carbocycles. The normalized spacial score (nSPS) is 41.5. The third kappa shape index (κ3) is 2.94. The average molecular weight is 326 g/mol. The van der Waals surface area contributed by atoms with Crippen molar-refractivity contribution in [3.05, 3.63) is 35.9 Å². The van der Waals surface area contributed by atoms with Crippen molar-refractivity contribution >= 4 is 0 Å². The van der Waals surface area contributed by atoms with E-state index in [2.05, 4.69) is 56.4 Å². The van der Waals surface area contributed by atoms with E-state index in [0.717, 1.165) is 12.5 Å². The van der Waals surface area contributed by atoms with Gasteiger partial charge in [-0.3, -0.25) is 0 Å². The summed E-state index contributed by atoms with van der Waals surface area (Å²) in [5.41, 5.74) is 3.26. The Balaban J connectivity index is 1.64. The summed E-state index contributed by atoms with van der Waals surface area (Å²) < 4.78 is 0. The van der Waals surface area contributed by atoms with Crippen molar-refractivity contribution in [3.8, 4) is 0 Å². The van der Waals surface area contributed by atoms with Crippen molar-refractivity contribution in [3.63, 3.8) is 0 Å². The number of benzene rings is 1. The average Bonchev–Trinajstić information content (AvgIpc) is 2.48. The van der Waals surface area contributed by atoms with E-state index in [4.69, 9.17) is 0 Å². The van der Waals surface area contributed by atoms with E-state index in [-0.39, 0.29) is 0 Å². The Kier molecular flexibility index (Phi) is 4.07. The summed E-state index contributed by atoms with van der Waals surface area (Å²) in [6.07, 6.45) is 11.3. The fourth-order valence-corrected chi connectivity index (χ4v) is 7.60. The highest BCUT2D eigenvalue weighted by Crippen LogP contribution is 2.70. The molecule has 0 spiro atoms. The Morgan fingerprint density at radius 3 is 2.25 bits per heavy atom. The molecule has 3 atom stereocenters. The van der Waals surface area contributed by atoms with Crippen molar-refractivity contribution in [2.75, 3.05) is 6.54 Å². The molecule has 4 fully saturated rings. The monoisotopic (exact) mass is 325 g/mol. The highest BCUT2D eigenvalue weighted by molar-refractivity contribution is 5.20. The quantitative estimate of drug-likeness (QED) is 0.718. The highest BCUT2D eigenvalue weighted by atomic mass is 14.9. The van der Waals surface area contributed by atoms with Gasteiger partial charge in [0.1, 0.15) is 0 Å². The van der Waals surface area contributed by atoms with Gasteiger partial charge >= 0.3 is 0 Å². The van der Waals surface area contributed by atoms with Gasteiger partial charge in [-0.15, -0.1) is 0 Å². The second-order valence-electron chi connectivity index (χ2n) is 10.2. The molecule has 132 valence electrons. The molecule has 3 unspecified atom stereocenters. The van der Waals surface area contributed by atoms with Crippen molar-refractivity contribution < 1.29 is 0 Å². The predicted octanol–water partition coefficient (Wildman–Crippen LogP) is 5.59. The van der Waals surface area contributed by atoms with Gasteiger partial charge in [-0.2, -0.15) is 0 Å². The zero-order chi connectivity index (χ0) is 16.8. The molecule has 4 bridgehead atoms. The maximum absolute atomic E-state index is 4.01. The number of hydrogen-bond acceptors (Lipinski definition) is 1. The molecule has 0 aliphatic heterocycles. The maximum Gasteiger partial charge on any atom is 0.0164 e. The topological polar surface area (TPSA) is 12.0 Å². The van der Waals surface area contributed by atoms with E-state index in [1.165, 1.54) is 56.9 Å². The van der Waals surface area contributed by atoms with Crippen LogP contribution in [0.15, 0.2) is 30.3 Å². The summed E-state index contributed by atoms with van der Waals surface area (Å²) in [5, 5.41) is 4.01. The Labute approximate surface area is 148 Å². The van der Waals surface area contributed by atoms with E-state index in [9.17, 15) is 0 Å². The first-order valence-electron chi connectivity index (χ1n) is 10.2. The van der Waals surface area contributed by atoms with Crippen LogP contribution in [0.4, 0.5) is 0 Å². The van der Waals surface area contributed by atoms with Gasteiger partial charge in [0.2, 0.25) is 0 Å². The van der Waals surface area contributed by atoms with Gasteiger partial charge in [0.25, 0.3) is 0 Å². The van der Waals surface area contributed by atoms with E-state index in [0.29, 0.717) is 22.3 Å². The number of hydrogen-bond donors (Lipinski definition) is 1. The number of nitrogens with one attached hydrogen (secondary N) is 1. The summed E-state index contributed by atoms with van der Waals surface area (Å²) in [6, 6.07) is 11.9. The van der Waals surface area contributed by atoms with Crippen LogP contribution >= 0.6 is 0 Å². The first kappa shape index (κ1) is 16.6. The van der Waals surface area contributed by atoms with Gasteiger partial charge in [0.15, 0.2) is 0 Å². The van der Waals surface area contributed by atoms with Gasteiger partial charge in [0.05, 0.1) is 0 Å². The molecule has 1 aromatic carbocycles. The van der Waals surface area contributed by atoms with Crippen molar-refractivity contribution in [2.45, 2.75) is 78.2 Å². The van der Waals surface area contributed by atoms with Crippen LogP contribution in [0, 0.1) is 22.2 Å². The lowest BCUT2D eigenvalue weighted by Crippen LogP contribution is -2.62. The maximum atomic E-state index is 4.01. The zero-order valence-corrected chi connectivity index (χ0v) is 15.9. The molecule has 0 saturated heterocycles. The molecular formula is C23H35N. The van der Waals surface area contributed by atoms with E-state index < -0.39 is 0 Å². The molecule has 24 heavy (non-hydrogen) atoms. The van der Waals surface area contributed by atoms with Gasteiger partial charge in [-0.25, -0.2) is 0 Å². The summed E-state index contributed by atoms with van der Waals surface area (Å²) in [5.74, 6) is 0.984. The molecule has 0 radical (unpaired) electrons. The minimum Gasteiger partial charge on any atom is -0.313 e. The standard InChI is InChI=1S/C23H35N/c1-4-10-24-20(11-18-8-6-5-7-9-18)23-14-19-12-21(2,16-23)15-22(3,13-19)17-23/h5-9,19-20,24H,4,10-17H2,1-3H3. The lowest BCUT2D eigenvalue weighted by Gasteiger charge is -2.67. The molecule has 0 aromatic heterocycles. The van der Waals surface area contributed by atoms with Crippen LogP contribution in [-0.2, 0) is 6.42 Å². The zero-order valence-electron chi connectivity index (χ0n) is 15.9. The highest BCUT2D eigenvalue weighted by Gasteiger charge is 2.61. The van der Waals surface area contributed by atoms with Gasteiger partial charge in [-0.1, -0.05) is 51.1 Å². The van der Waals surface area contributed by atoms with Crippen LogP contribution in [-0.4, -0.2) is 12.6 Å². The van der Waals surface area contributed by atoms with E-state index in [1.807, 2.05) is 0 Å². The summed E-state index contributed by atoms with van der Waals surface area (Å²) in [4.78, 5) is 0. The third-order valence-electron chi connectivity index (χ3n) is 7.33. The predicted molar refractivity (Wildman–Crippen MR) is 102 cm³/mol. The van der Waals surface area contributed by atoms with Gasteiger partial charge in [-0.05, 0) is 85.6 Å². The fraction of sp³-hybridized carbons (Fsp3) is 0.739. The first-order valence-corrected chi connectivity index (χ1v) is 10.2. The van der Waals surface area contributed by atoms with Crippen LogP contribution in [0.25, 0.3) is 0 Å². The molecule has 1 N–H and O–H groups in total. The second-order valence-corrected chi connectivity index (χ2v) is 10.2. The molecule has 1 aromatic rings. The molecule has 1 heteroatoms. The fourth-order valence-electron chi connectivity index (χ4n) is 7.60. The Morgan fingerprint density at radius 2 is 1.67 bits per heavy atom. The van der Waals surface area contributed by atoms with Crippen molar-refractivity contribution in [1.29, 1.82) is 0 Å².